The van der Waals surface area contributed by atoms with Crippen molar-refractivity contribution in [3.63, 3.8) is 0 Å². The van der Waals surface area contributed by atoms with E-state index in [1.54, 1.807) is 4.90 Å². The average molecular weight is 261 g/mol. The summed E-state index contributed by atoms with van der Waals surface area (Å²) in [5.41, 5.74) is 1.06. The number of carbonyl (C=O) groups is 2. The van der Waals surface area contributed by atoms with Crippen LogP contribution in [0, 0.1) is 0 Å². The van der Waals surface area contributed by atoms with Crippen molar-refractivity contribution in [2.45, 2.75) is 25.9 Å². The van der Waals surface area contributed by atoms with E-state index in [1.807, 2.05) is 37.3 Å². The molecule has 0 saturated carbocycles. The van der Waals surface area contributed by atoms with E-state index >= 15 is 0 Å². The summed E-state index contributed by atoms with van der Waals surface area (Å²) in [4.78, 5) is 24.8. The van der Waals surface area contributed by atoms with E-state index in [0.717, 1.165) is 5.56 Å². The number of likely N-dealkylation sites (tertiary alicyclic amines) is 1. The molecule has 2 rings (SSSR count). The van der Waals surface area contributed by atoms with Gasteiger partial charge in [0.15, 0.2) is 0 Å². The molecule has 1 amide bonds. The monoisotopic (exact) mass is 261 g/mol. The highest BCUT2D eigenvalue weighted by Gasteiger charge is 2.21. The van der Waals surface area contributed by atoms with Gasteiger partial charge in [-0.25, -0.2) is 0 Å². The first-order chi connectivity index (χ1) is 9.16. The molecule has 102 valence electrons. The Bertz CT molecular complexity index is 434. The van der Waals surface area contributed by atoms with Crippen LogP contribution in [0.3, 0.4) is 0 Å². The summed E-state index contributed by atoms with van der Waals surface area (Å²) in [6.07, 6.45) is 0.844. The van der Waals surface area contributed by atoms with Crippen molar-refractivity contribution < 1.29 is 14.3 Å². The Balaban J connectivity index is 1.79. The standard InChI is InChI=1S/C15H19NO3/c1-12(13-5-3-2-4-6-13)19-11-15(18)16-9-7-14(17)8-10-16/h2-6,12H,7-11H2,1H3. The second kappa shape index (κ2) is 6.48. The van der Waals surface area contributed by atoms with E-state index in [1.165, 1.54) is 0 Å². The lowest BCUT2D eigenvalue weighted by Gasteiger charge is -2.26. The van der Waals surface area contributed by atoms with Crippen LogP contribution in [0.4, 0.5) is 0 Å². The number of nitrogens with zero attached hydrogens (tertiary/aromatic N) is 1. The highest BCUT2D eigenvalue weighted by molar-refractivity contribution is 5.83. The molecule has 4 nitrogen and oxygen atoms in total. The zero-order chi connectivity index (χ0) is 13.7. The first-order valence-corrected chi connectivity index (χ1v) is 6.63. The number of hydrogen-bond donors (Lipinski definition) is 0. The fourth-order valence-electron chi connectivity index (χ4n) is 2.11. The Hall–Kier alpha value is -1.68. The number of amides is 1. The SMILES string of the molecule is CC(OCC(=O)N1CCC(=O)CC1)c1ccccc1. The Morgan fingerprint density at radius 3 is 2.53 bits per heavy atom. The van der Waals surface area contributed by atoms with Gasteiger partial charge in [-0.3, -0.25) is 9.59 Å². The van der Waals surface area contributed by atoms with Gasteiger partial charge in [-0.05, 0) is 12.5 Å². The second-order valence-corrected chi connectivity index (χ2v) is 4.78. The third kappa shape index (κ3) is 3.89. The van der Waals surface area contributed by atoms with Crippen LogP contribution in [0.2, 0.25) is 0 Å². The maximum absolute atomic E-state index is 11.9. The van der Waals surface area contributed by atoms with Crippen LogP contribution in [0.25, 0.3) is 0 Å². The van der Waals surface area contributed by atoms with Crippen LogP contribution < -0.4 is 0 Å². The van der Waals surface area contributed by atoms with Crippen molar-refractivity contribution in [1.82, 2.24) is 4.90 Å². The van der Waals surface area contributed by atoms with Crippen LogP contribution in [0.15, 0.2) is 30.3 Å². The van der Waals surface area contributed by atoms with Crippen molar-refractivity contribution in [3.05, 3.63) is 35.9 Å². The molecular weight excluding hydrogens is 242 g/mol. The number of hydrogen-bond acceptors (Lipinski definition) is 3. The number of carbonyl (C=O) groups excluding carboxylic acids is 2. The maximum atomic E-state index is 11.9. The number of piperidine rings is 1. The summed E-state index contributed by atoms with van der Waals surface area (Å²) >= 11 is 0. The van der Waals surface area contributed by atoms with Crippen molar-refractivity contribution in [2.24, 2.45) is 0 Å². The van der Waals surface area contributed by atoms with Crippen LogP contribution >= 0.6 is 0 Å². The third-order valence-corrected chi connectivity index (χ3v) is 3.40. The molecule has 1 atom stereocenters. The molecule has 0 aromatic heterocycles. The molecule has 1 saturated heterocycles. The average Bonchev–Trinajstić information content (AvgIpc) is 2.46. The molecule has 19 heavy (non-hydrogen) atoms. The van der Waals surface area contributed by atoms with Gasteiger partial charge in [-0.2, -0.15) is 0 Å². The second-order valence-electron chi connectivity index (χ2n) is 4.78. The Kier molecular flexibility index (Phi) is 4.68. The molecule has 1 aliphatic heterocycles. The molecule has 0 N–H and O–H groups in total. The maximum Gasteiger partial charge on any atom is 0.248 e. The van der Waals surface area contributed by atoms with Crippen molar-refractivity contribution >= 4 is 11.7 Å². The minimum atomic E-state index is -0.100. The Morgan fingerprint density at radius 2 is 1.89 bits per heavy atom. The zero-order valence-corrected chi connectivity index (χ0v) is 11.2. The summed E-state index contributed by atoms with van der Waals surface area (Å²) in [6, 6.07) is 9.82. The summed E-state index contributed by atoms with van der Waals surface area (Å²) in [6.45, 7) is 3.06. The normalized spacial score (nSPS) is 17.3. The Morgan fingerprint density at radius 1 is 1.26 bits per heavy atom. The van der Waals surface area contributed by atoms with E-state index in [0.29, 0.717) is 25.9 Å². The molecule has 0 bridgehead atoms. The predicted molar refractivity (Wildman–Crippen MR) is 71.6 cm³/mol. The van der Waals surface area contributed by atoms with E-state index in [9.17, 15) is 9.59 Å². The zero-order valence-electron chi connectivity index (χ0n) is 11.2. The molecule has 1 aromatic carbocycles. The lowest BCUT2D eigenvalue weighted by Crippen LogP contribution is -2.40. The molecule has 1 aromatic rings. The van der Waals surface area contributed by atoms with Crippen LogP contribution in [-0.2, 0) is 14.3 Å². The van der Waals surface area contributed by atoms with Crippen LogP contribution in [0.1, 0.15) is 31.4 Å². The fraction of sp³-hybridized carbons (Fsp3) is 0.467. The van der Waals surface area contributed by atoms with Crippen molar-refractivity contribution in [1.29, 1.82) is 0 Å². The number of benzene rings is 1. The minimum absolute atomic E-state index is 0.0321. The lowest BCUT2D eigenvalue weighted by atomic mass is 10.1. The number of Topliss-reactive ketones (excluding diaryl/α,β-unsaturated/α-hetero) is 1. The van der Waals surface area contributed by atoms with Gasteiger partial charge in [-0.1, -0.05) is 30.3 Å². The van der Waals surface area contributed by atoms with E-state index in [2.05, 4.69) is 0 Å². The highest BCUT2D eigenvalue weighted by Crippen LogP contribution is 2.16. The first-order valence-electron chi connectivity index (χ1n) is 6.63. The summed E-state index contributed by atoms with van der Waals surface area (Å²) < 4.78 is 5.59. The molecule has 0 spiro atoms. The van der Waals surface area contributed by atoms with Crippen LogP contribution in [-0.4, -0.2) is 36.3 Å². The van der Waals surface area contributed by atoms with E-state index < -0.39 is 0 Å². The number of ketones is 1. The Labute approximate surface area is 113 Å². The van der Waals surface area contributed by atoms with Gasteiger partial charge in [0, 0.05) is 25.9 Å². The number of ether oxygens (including phenoxy) is 1. The van der Waals surface area contributed by atoms with Gasteiger partial charge in [-0.15, -0.1) is 0 Å². The van der Waals surface area contributed by atoms with Gasteiger partial charge in [0.25, 0.3) is 0 Å². The molecule has 1 fully saturated rings. The molecule has 1 unspecified atom stereocenters. The third-order valence-electron chi connectivity index (χ3n) is 3.40. The van der Waals surface area contributed by atoms with E-state index in [4.69, 9.17) is 4.74 Å². The topological polar surface area (TPSA) is 46.6 Å². The lowest BCUT2D eigenvalue weighted by molar-refractivity contribution is -0.140. The van der Waals surface area contributed by atoms with Gasteiger partial charge in [0.1, 0.15) is 12.4 Å². The summed E-state index contributed by atoms with van der Waals surface area (Å²) in [7, 11) is 0. The molecule has 0 aliphatic carbocycles. The van der Waals surface area contributed by atoms with Crippen molar-refractivity contribution in [3.8, 4) is 0 Å². The molecular formula is C15H19NO3. The molecule has 4 heteroatoms. The summed E-state index contributed by atoms with van der Waals surface area (Å²) in [5.74, 6) is 0.206. The first kappa shape index (κ1) is 13.7. The number of rotatable bonds is 4. The fourth-order valence-corrected chi connectivity index (χ4v) is 2.11. The molecule has 1 heterocycles. The molecule has 0 radical (unpaired) electrons. The largest absolute Gasteiger partial charge is 0.364 e. The van der Waals surface area contributed by atoms with Gasteiger partial charge < -0.3 is 9.64 Å². The van der Waals surface area contributed by atoms with Gasteiger partial charge in [0.05, 0.1) is 6.10 Å². The molecule has 1 aliphatic rings. The summed E-state index contributed by atoms with van der Waals surface area (Å²) in [5, 5.41) is 0. The van der Waals surface area contributed by atoms with E-state index in [-0.39, 0.29) is 24.4 Å². The van der Waals surface area contributed by atoms with Gasteiger partial charge >= 0.3 is 0 Å². The highest BCUT2D eigenvalue weighted by atomic mass is 16.5. The minimum Gasteiger partial charge on any atom is -0.364 e. The van der Waals surface area contributed by atoms with Crippen LogP contribution in [0.5, 0.6) is 0 Å². The smallest absolute Gasteiger partial charge is 0.248 e. The quantitative estimate of drug-likeness (QED) is 0.832. The predicted octanol–water partition coefficient (Wildman–Crippen LogP) is 1.96. The van der Waals surface area contributed by atoms with Gasteiger partial charge in [0.2, 0.25) is 5.91 Å². The van der Waals surface area contributed by atoms with Crippen molar-refractivity contribution in [2.75, 3.05) is 19.7 Å².